The molecule has 0 aromatic carbocycles. The lowest BCUT2D eigenvalue weighted by Crippen LogP contribution is -2.72. The monoisotopic (exact) mass is 1490 g/mol. The second-order valence-electron chi connectivity index (χ2n) is 33.3. The van der Waals surface area contributed by atoms with E-state index in [2.05, 4.69) is 33.8 Å². The Morgan fingerprint density at radius 3 is 1.63 bits per heavy atom. The zero-order valence-corrected chi connectivity index (χ0v) is 59.0. The lowest BCUT2D eigenvalue weighted by atomic mass is 9.33. The predicted molar refractivity (Wildman–Crippen MR) is 338 cm³/mol. The summed E-state index contributed by atoms with van der Waals surface area (Å²) in [5.74, 6) is -2.15. The second-order valence-corrected chi connectivity index (χ2v) is 33.3. The Hall–Kier alpha value is -2.11. The van der Waals surface area contributed by atoms with Crippen LogP contribution in [0.2, 0.25) is 0 Å². The van der Waals surface area contributed by atoms with Gasteiger partial charge in [-0.2, -0.15) is 0 Å². The molecule has 0 aromatic heterocycles. The average Bonchev–Trinajstić information content (AvgIpc) is 1.41. The summed E-state index contributed by atoms with van der Waals surface area (Å²) in [5, 5.41) is 223. The molecule has 0 spiro atoms. The van der Waals surface area contributed by atoms with Gasteiger partial charge in [0.2, 0.25) is 6.29 Å². The number of aliphatic hydroxyl groups is 20. The fourth-order valence-electron chi connectivity index (χ4n) is 20.1. The number of carbonyl (C=O) groups is 1. The summed E-state index contributed by atoms with van der Waals surface area (Å²) in [7, 11) is 0. The summed E-state index contributed by atoms with van der Waals surface area (Å²) in [6.45, 7) is 9.51. The quantitative estimate of drug-likeness (QED) is 0.0344. The number of carbonyl (C=O) groups excluding carboxylic acids is 1. The molecule has 0 unspecified atom stereocenters. The Labute approximate surface area is 594 Å². The maximum Gasteiger partial charge on any atom is 0.315 e. The van der Waals surface area contributed by atoms with E-state index in [0.29, 0.717) is 32.1 Å². The van der Waals surface area contributed by atoms with Crippen LogP contribution < -0.4 is 0 Å². The van der Waals surface area contributed by atoms with E-state index >= 15 is 4.79 Å². The molecule has 0 aromatic rings. The normalized spacial score (nSPS) is 55.8. The van der Waals surface area contributed by atoms with Crippen LogP contribution in [-0.2, 0) is 71.1 Å². The zero-order valence-electron chi connectivity index (χ0n) is 59.0. The standard InChI is InChI=1S/C68H110O35/c1-26-44(97-53-42(83)46(33(76)20-90-53)99-58-50(85)67(88,22-71)24-92-58)39(80)41(82)54(94-26)98-45-27(2)95-56(43(84)47(45)100-59-51(86)68(89,23-72)25-93-59)101-48-36(77)32(75)19-91-57(48)103-60(87)66-13-11-61(3,4)15-29(66)28-9-10-35-62(5)16-31(74)52(102-55-40(81)38(79)37(78)34(18-69)96-55)63(6,21-70)49(62)30(73)17-65(35,8)64(28,7)12-14-66/h9,26-27,29-59,69-86,88-89H,10-25H2,1-8H3/t26-,27-,29-,30+,31-,32-,33+,34+,35+,36-,37+,38-,39-,40+,41+,42+,43+,44-,45-,46-,47-,48+,49+,50-,51-,52-,53-,54-,55-,56-,57-,58-,59-,62+,63-,64+,65+,66-,67+,68+/m0/s1. The predicted octanol–water partition coefficient (Wildman–Crippen LogP) is -7.03. The highest BCUT2D eigenvalue weighted by Crippen LogP contribution is 2.76. The Bertz CT molecular complexity index is 2970. The molecule has 7 aliphatic heterocycles. The first-order valence-electron chi connectivity index (χ1n) is 35.9. The van der Waals surface area contributed by atoms with Gasteiger partial charge in [0.25, 0.3) is 0 Å². The Balaban J connectivity index is 0.763. The number of allylic oxidation sites excluding steroid dienone is 2. The molecule has 592 valence electrons. The molecule has 5 aliphatic carbocycles. The van der Waals surface area contributed by atoms with Crippen LogP contribution in [0.5, 0.6) is 0 Å². The van der Waals surface area contributed by atoms with E-state index in [1.807, 2.05) is 6.92 Å². The summed E-state index contributed by atoms with van der Waals surface area (Å²) >= 11 is 0. The van der Waals surface area contributed by atoms with Gasteiger partial charge in [0.05, 0.1) is 88.8 Å². The molecule has 0 bridgehead atoms. The Kier molecular flexibility index (Phi) is 23.1. The lowest BCUT2D eigenvalue weighted by molar-refractivity contribution is -0.390. The van der Waals surface area contributed by atoms with E-state index in [-0.39, 0.29) is 30.6 Å². The maximum absolute atomic E-state index is 15.7. The molecule has 7 heterocycles. The van der Waals surface area contributed by atoms with Gasteiger partial charge in [0.15, 0.2) is 43.8 Å². The molecular formula is C68H110O35. The third-order valence-electron chi connectivity index (χ3n) is 26.3. The molecule has 12 aliphatic rings. The number of esters is 1. The van der Waals surface area contributed by atoms with E-state index in [0.717, 1.165) is 5.57 Å². The molecule has 35 heteroatoms. The fraction of sp³-hybridized carbons (Fsp3) is 0.956. The van der Waals surface area contributed by atoms with Gasteiger partial charge in [-0.15, -0.1) is 0 Å². The van der Waals surface area contributed by atoms with Gasteiger partial charge in [-0.1, -0.05) is 53.2 Å². The van der Waals surface area contributed by atoms with Gasteiger partial charge in [-0.25, -0.2) is 0 Å². The van der Waals surface area contributed by atoms with Crippen LogP contribution in [0.25, 0.3) is 0 Å². The van der Waals surface area contributed by atoms with E-state index in [9.17, 15) is 102 Å². The van der Waals surface area contributed by atoms with Gasteiger partial charge in [-0.3, -0.25) is 4.79 Å². The van der Waals surface area contributed by atoms with Crippen molar-refractivity contribution in [2.24, 2.45) is 50.2 Å². The number of aliphatic hydroxyl groups excluding tert-OH is 18. The molecule has 0 amide bonds. The van der Waals surface area contributed by atoms with Crippen molar-refractivity contribution in [1.82, 2.24) is 0 Å². The van der Waals surface area contributed by atoms with Crippen LogP contribution in [0.3, 0.4) is 0 Å². The highest BCUT2D eigenvalue weighted by molar-refractivity contribution is 5.79. The van der Waals surface area contributed by atoms with Crippen LogP contribution in [0.15, 0.2) is 11.6 Å². The van der Waals surface area contributed by atoms with Crippen molar-refractivity contribution in [2.75, 3.05) is 52.9 Å². The highest BCUT2D eigenvalue weighted by atomic mass is 16.8. The third-order valence-corrected chi connectivity index (χ3v) is 26.3. The average molecular weight is 1490 g/mol. The summed E-state index contributed by atoms with van der Waals surface area (Å²) in [4.78, 5) is 15.7. The second kappa shape index (κ2) is 29.5. The van der Waals surface area contributed by atoms with Gasteiger partial charge >= 0.3 is 5.97 Å². The van der Waals surface area contributed by atoms with Crippen LogP contribution >= 0.6 is 0 Å². The molecule has 35 nitrogen and oxygen atoms in total. The highest BCUT2D eigenvalue weighted by Gasteiger charge is 2.74. The lowest BCUT2D eigenvalue weighted by Gasteiger charge is -2.72. The number of fused-ring (bicyclic) bond motifs is 7. The van der Waals surface area contributed by atoms with Crippen molar-refractivity contribution in [3.05, 3.63) is 11.6 Å². The van der Waals surface area contributed by atoms with Crippen LogP contribution in [0.1, 0.15) is 107 Å². The smallest absolute Gasteiger partial charge is 0.315 e. The van der Waals surface area contributed by atoms with E-state index in [4.69, 9.17) is 66.3 Å². The molecule has 103 heavy (non-hydrogen) atoms. The number of ether oxygens (including phenoxy) is 14. The molecule has 20 N–H and O–H groups in total. The van der Waals surface area contributed by atoms with Crippen molar-refractivity contribution >= 4 is 5.97 Å². The summed E-state index contributed by atoms with van der Waals surface area (Å²) in [5.41, 5.74) is -8.65. The van der Waals surface area contributed by atoms with Crippen molar-refractivity contribution < 1.29 is 173 Å². The van der Waals surface area contributed by atoms with Gasteiger partial charge in [-0.05, 0) is 98.7 Å². The first kappa shape index (κ1) is 80.4. The minimum Gasteiger partial charge on any atom is -0.432 e. The molecule has 11 fully saturated rings. The van der Waals surface area contributed by atoms with Gasteiger partial charge in [0.1, 0.15) is 115 Å². The largest absolute Gasteiger partial charge is 0.432 e. The molecule has 0 radical (unpaired) electrons. The van der Waals surface area contributed by atoms with Gasteiger partial charge < -0.3 is 168 Å². The molecule has 12 rings (SSSR count). The summed E-state index contributed by atoms with van der Waals surface area (Å²) in [6.07, 6.45) is -45.5. The summed E-state index contributed by atoms with van der Waals surface area (Å²) in [6, 6.07) is 0. The zero-order chi connectivity index (χ0) is 75.1. The van der Waals surface area contributed by atoms with Crippen molar-refractivity contribution in [2.45, 2.75) is 302 Å². The van der Waals surface area contributed by atoms with Crippen LogP contribution in [-0.4, -0.2) is 357 Å². The Morgan fingerprint density at radius 2 is 1.02 bits per heavy atom. The number of hydrogen-bond donors (Lipinski definition) is 20. The molecule has 4 saturated carbocycles. The van der Waals surface area contributed by atoms with E-state index < -0.39 is 293 Å². The fourth-order valence-corrected chi connectivity index (χ4v) is 20.1. The first-order valence-corrected chi connectivity index (χ1v) is 35.9. The van der Waals surface area contributed by atoms with Gasteiger partial charge in [0, 0.05) is 11.3 Å². The SMILES string of the molecule is C[C@@H]1O[C@@H](O[C@@H]2[C@@H](O[C@@H]3OC[C@](O)(CO)[C@H]3O)[C@@H](O)[C@H](O[C@H]3[C@H](OC(=O)[C@]45CCC(C)(C)C[C@H]4C4=CC[C@@H]6[C@@]7(C)C[C@H](O)[C@H](O[C@@H]8O[C@H](CO)[C@@H](O)[C@H](O)[C@H]8O)[C@@](C)(CO)[C@@H]7[C@H](O)C[C@@]6(C)[C@]4(C)CC5)OC[C@H](O)[C@@H]3O)O[C@H]2C)[C@H](O)[C@H](O)[C@H]1O[C@@H]1OC[C@@H](O)[C@H](O[C@@H]2OC[C@](O)(CO)[C@H]2O)[C@H]1O. The van der Waals surface area contributed by atoms with E-state index in [1.165, 1.54) is 13.8 Å². The number of rotatable bonds is 18. The first-order chi connectivity index (χ1) is 48.3. The molecule has 40 atom stereocenters. The van der Waals surface area contributed by atoms with Crippen LogP contribution in [0.4, 0.5) is 0 Å². The minimum absolute atomic E-state index is 0.0653. The molecular weight excluding hydrogens is 1380 g/mol. The number of hydrogen-bond acceptors (Lipinski definition) is 35. The van der Waals surface area contributed by atoms with Crippen molar-refractivity contribution in [3.63, 3.8) is 0 Å². The minimum atomic E-state index is -2.27. The topological polar surface area (TPSA) is 551 Å². The van der Waals surface area contributed by atoms with E-state index in [1.54, 1.807) is 6.92 Å². The van der Waals surface area contributed by atoms with Crippen LogP contribution in [0, 0.1) is 50.2 Å². The van der Waals surface area contributed by atoms with Crippen molar-refractivity contribution in [3.8, 4) is 0 Å². The summed E-state index contributed by atoms with van der Waals surface area (Å²) < 4.78 is 83.6. The van der Waals surface area contributed by atoms with Crippen molar-refractivity contribution in [1.29, 1.82) is 0 Å². The Morgan fingerprint density at radius 1 is 0.485 bits per heavy atom. The molecule has 7 saturated heterocycles. The maximum atomic E-state index is 15.7. The third kappa shape index (κ3) is 13.5.